The van der Waals surface area contributed by atoms with E-state index in [0.717, 1.165) is 12.2 Å². The van der Waals surface area contributed by atoms with E-state index in [2.05, 4.69) is 41.1 Å². The number of halogens is 1. The summed E-state index contributed by atoms with van der Waals surface area (Å²) in [5.41, 5.74) is 8.87. The zero-order valence-electron chi connectivity index (χ0n) is 8.16. The molecule has 0 saturated heterocycles. The van der Waals surface area contributed by atoms with Gasteiger partial charge in [-0.2, -0.15) is 11.8 Å². The van der Waals surface area contributed by atoms with Crippen LogP contribution in [0.25, 0.3) is 0 Å². The van der Waals surface area contributed by atoms with Crippen molar-refractivity contribution in [1.29, 1.82) is 0 Å². The molecule has 3 heteroatoms. The van der Waals surface area contributed by atoms with Crippen LogP contribution in [0, 0.1) is 0 Å². The molecule has 2 rings (SSSR count). The third-order valence-electron chi connectivity index (χ3n) is 2.65. The van der Waals surface area contributed by atoms with Crippen LogP contribution in [0.4, 0.5) is 0 Å². The van der Waals surface area contributed by atoms with Gasteiger partial charge in [-0.05, 0) is 23.6 Å². The van der Waals surface area contributed by atoms with Crippen LogP contribution in [0.15, 0.2) is 22.7 Å². The Kier molecular flexibility index (Phi) is 3.20. The second-order valence-electron chi connectivity index (χ2n) is 3.77. The Balaban J connectivity index is 2.43. The largest absolute Gasteiger partial charge is 0.324 e. The van der Waals surface area contributed by atoms with Crippen LogP contribution in [0.3, 0.4) is 0 Å². The van der Waals surface area contributed by atoms with E-state index in [-0.39, 0.29) is 6.04 Å². The van der Waals surface area contributed by atoms with Gasteiger partial charge in [-0.25, -0.2) is 0 Å². The van der Waals surface area contributed by atoms with E-state index in [1.165, 1.54) is 15.6 Å². The highest BCUT2D eigenvalue weighted by Crippen LogP contribution is 2.36. The zero-order valence-corrected chi connectivity index (χ0v) is 10.6. The maximum absolute atomic E-state index is 6.17. The van der Waals surface area contributed by atoms with Gasteiger partial charge in [-0.15, -0.1) is 0 Å². The summed E-state index contributed by atoms with van der Waals surface area (Å²) in [5.74, 6) is 1.08. The van der Waals surface area contributed by atoms with Gasteiger partial charge in [0.2, 0.25) is 0 Å². The van der Waals surface area contributed by atoms with Crippen molar-refractivity contribution < 1.29 is 0 Å². The maximum Gasteiger partial charge on any atom is 0.0308 e. The number of fused-ring (bicyclic) bond motifs is 1. The minimum absolute atomic E-state index is 0.201. The molecule has 1 aliphatic heterocycles. The molecule has 14 heavy (non-hydrogen) atoms. The quantitative estimate of drug-likeness (QED) is 0.782. The molecule has 0 bridgehead atoms. The lowest BCUT2D eigenvalue weighted by atomic mass is 9.99. The topological polar surface area (TPSA) is 26.0 Å². The molecule has 0 radical (unpaired) electrons. The van der Waals surface area contributed by atoms with Crippen LogP contribution in [0.1, 0.15) is 30.5 Å². The average Bonchev–Trinajstić information content (AvgIpc) is 2.28. The fourth-order valence-corrected chi connectivity index (χ4v) is 3.68. The summed E-state index contributed by atoms with van der Waals surface area (Å²) in [6.45, 7) is 2.25. The molecule has 2 N–H and O–H groups in total. The van der Waals surface area contributed by atoms with E-state index in [4.69, 9.17) is 5.73 Å². The number of hydrogen-bond acceptors (Lipinski definition) is 2. The number of thioether (sulfide) groups is 1. The molecular formula is C11H14BrNS. The summed E-state index contributed by atoms with van der Waals surface area (Å²) >= 11 is 5.58. The zero-order chi connectivity index (χ0) is 10.1. The SMILES string of the molecule is CC1CC(N)c2cccc(Br)c2CS1. The van der Waals surface area contributed by atoms with Crippen molar-refractivity contribution in [2.75, 3.05) is 0 Å². The maximum atomic E-state index is 6.17. The van der Waals surface area contributed by atoms with Crippen molar-refractivity contribution in [1.82, 2.24) is 0 Å². The van der Waals surface area contributed by atoms with Crippen LogP contribution in [0.5, 0.6) is 0 Å². The molecule has 1 aromatic carbocycles. The number of hydrogen-bond donors (Lipinski definition) is 1. The molecule has 0 aromatic heterocycles. The van der Waals surface area contributed by atoms with Crippen molar-refractivity contribution in [2.45, 2.75) is 30.4 Å². The van der Waals surface area contributed by atoms with Crippen molar-refractivity contribution in [3.8, 4) is 0 Å². The van der Waals surface area contributed by atoms with Gasteiger partial charge in [0, 0.05) is 21.5 Å². The summed E-state index contributed by atoms with van der Waals surface area (Å²) < 4.78 is 1.20. The van der Waals surface area contributed by atoms with Gasteiger partial charge in [0.05, 0.1) is 0 Å². The summed E-state index contributed by atoms with van der Waals surface area (Å²) in [6, 6.07) is 6.53. The van der Waals surface area contributed by atoms with Gasteiger partial charge < -0.3 is 5.73 Å². The van der Waals surface area contributed by atoms with Crippen LogP contribution in [-0.4, -0.2) is 5.25 Å². The lowest BCUT2D eigenvalue weighted by molar-refractivity contribution is 0.651. The first kappa shape index (κ1) is 10.5. The minimum atomic E-state index is 0.201. The van der Waals surface area contributed by atoms with Gasteiger partial charge in [0.1, 0.15) is 0 Å². The van der Waals surface area contributed by atoms with Gasteiger partial charge in [0.15, 0.2) is 0 Å². The van der Waals surface area contributed by atoms with E-state index in [0.29, 0.717) is 5.25 Å². The fourth-order valence-electron chi connectivity index (χ4n) is 1.85. The Labute approximate surface area is 97.6 Å². The highest BCUT2D eigenvalue weighted by molar-refractivity contribution is 9.10. The molecule has 76 valence electrons. The van der Waals surface area contributed by atoms with E-state index in [1.54, 1.807) is 0 Å². The molecule has 0 fully saturated rings. The van der Waals surface area contributed by atoms with Gasteiger partial charge in [-0.3, -0.25) is 0 Å². The second kappa shape index (κ2) is 4.25. The van der Waals surface area contributed by atoms with Crippen LogP contribution in [0.2, 0.25) is 0 Å². The molecule has 0 spiro atoms. The molecule has 1 nitrogen and oxygen atoms in total. The molecule has 2 unspecified atom stereocenters. The molecule has 2 atom stereocenters. The van der Waals surface area contributed by atoms with E-state index in [1.807, 2.05) is 11.8 Å². The number of nitrogens with two attached hydrogens (primary N) is 1. The predicted molar refractivity (Wildman–Crippen MR) is 66.4 cm³/mol. The third kappa shape index (κ3) is 2.00. The van der Waals surface area contributed by atoms with Crippen molar-refractivity contribution in [3.63, 3.8) is 0 Å². The summed E-state index contributed by atoms with van der Waals surface area (Å²) in [7, 11) is 0. The lowest BCUT2D eigenvalue weighted by Gasteiger charge is -2.14. The summed E-state index contributed by atoms with van der Waals surface area (Å²) in [5, 5.41) is 0.657. The van der Waals surface area contributed by atoms with Gasteiger partial charge in [0.25, 0.3) is 0 Å². The molecular weight excluding hydrogens is 258 g/mol. The molecule has 1 heterocycles. The van der Waals surface area contributed by atoms with E-state index in [9.17, 15) is 0 Å². The Hall–Kier alpha value is 0.01000. The van der Waals surface area contributed by atoms with Crippen LogP contribution in [-0.2, 0) is 5.75 Å². The highest BCUT2D eigenvalue weighted by atomic mass is 79.9. The van der Waals surface area contributed by atoms with Crippen LogP contribution < -0.4 is 5.73 Å². The molecule has 0 aliphatic carbocycles. The van der Waals surface area contributed by atoms with Crippen molar-refractivity contribution in [3.05, 3.63) is 33.8 Å². The number of benzene rings is 1. The standard InChI is InChI=1S/C11H14BrNS/c1-7-5-11(13)8-3-2-4-10(12)9(8)6-14-7/h2-4,7,11H,5-6,13H2,1H3. The summed E-state index contributed by atoms with van der Waals surface area (Å²) in [4.78, 5) is 0. The van der Waals surface area contributed by atoms with Gasteiger partial charge >= 0.3 is 0 Å². The van der Waals surface area contributed by atoms with Crippen molar-refractivity contribution >= 4 is 27.7 Å². The van der Waals surface area contributed by atoms with E-state index < -0.39 is 0 Å². The first-order valence-electron chi connectivity index (χ1n) is 4.83. The molecule has 1 aromatic rings. The predicted octanol–water partition coefficient (Wildman–Crippen LogP) is 3.47. The fraction of sp³-hybridized carbons (Fsp3) is 0.455. The minimum Gasteiger partial charge on any atom is -0.324 e. The average molecular weight is 272 g/mol. The summed E-state index contributed by atoms with van der Waals surface area (Å²) in [6.07, 6.45) is 1.08. The van der Waals surface area contributed by atoms with Crippen LogP contribution >= 0.6 is 27.7 Å². The second-order valence-corrected chi connectivity index (χ2v) is 6.05. The molecule has 0 saturated carbocycles. The smallest absolute Gasteiger partial charge is 0.0308 e. The Morgan fingerprint density at radius 1 is 1.50 bits per heavy atom. The van der Waals surface area contributed by atoms with E-state index >= 15 is 0 Å². The Morgan fingerprint density at radius 2 is 2.29 bits per heavy atom. The first-order valence-corrected chi connectivity index (χ1v) is 6.67. The first-order chi connectivity index (χ1) is 6.68. The number of rotatable bonds is 0. The Morgan fingerprint density at radius 3 is 3.07 bits per heavy atom. The molecule has 1 aliphatic rings. The third-order valence-corrected chi connectivity index (χ3v) is 4.61. The highest BCUT2D eigenvalue weighted by Gasteiger charge is 2.20. The normalized spacial score (nSPS) is 26.8. The Bertz CT molecular complexity index is 340. The molecule has 0 amide bonds. The monoisotopic (exact) mass is 271 g/mol. The lowest BCUT2D eigenvalue weighted by Crippen LogP contribution is -2.14. The van der Waals surface area contributed by atoms with Gasteiger partial charge in [-0.1, -0.05) is 35.0 Å². The van der Waals surface area contributed by atoms with Crippen molar-refractivity contribution in [2.24, 2.45) is 5.73 Å².